The maximum atomic E-state index is 2.43. The molecule has 0 radical (unpaired) electrons. The molecule has 24 aromatic rings. The van der Waals surface area contributed by atoms with E-state index in [1.807, 2.05) is 0 Å². The molecule has 6 heteroatoms. The molecule has 0 atom stereocenters. The molecular weight excluding hydrogens is 1330 g/mol. The van der Waals surface area contributed by atoms with Crippen molar-refractivity contribution in [3.05, 3.63) is 400 Å². The Morgan fingerprint density at radius 2 is 0.345 bits per heavy atom. The van der Waals surface area contributed by atoms with Crippen molar-refractivity contribution >= 4 is 152 Å². The van der Waals surface area contributed by atoms with Crippen LogP contribution >= 0.6 is 0 Å². The second-order valence-electron chi connectivity index (χ2n) is 29.1. The van der Waals surface area contributed by atoms with Crippen molar-refractivity contribution in [1.82, 2.24) is 27.4 Å². The van der Waals surface area contributed by atoms with Crippen molar-refractivity contribution in [2.24, 2.45) is 0 Å². The minimum absolute atomic E-state index is 1.14. The third-order valence-corrected chi connectivity index (χ3v) is 23.2. The maximum absolute atomic E-state index is 2.43. The lowest BCUT2D eigenvalue weighted by Crippen LogP contribution is -1.97. The van der Waals surface area contributed by atoms with Crippen molar-refractivity contribution in [1.29, 1.82) is 0 Å². The summed E-state index contributed by atoms with van der Waals surface area (Å²) in [5.74, 6) is 0. The van der Waals surface area contributed by atoms with E-state index in [0.717, 1.165) is 22.7 Å². The molecule has 6 heterocycles. The van der Waals surface area contributed by atoms with Gasteiger partial charge in [0.15, 0.2) is 0 Å². The molecule has 110 heavy (non-hydrogen) atoms. The highest BCUT2D eigenvalue weighted by Gasteiger charge is 2.22. The number of para-hydroxylation sites is 8. The Kier molecular flexibility index (Phi) is 13.7. The normalized spacial score (nSPS) is 12.0. The number of aromatic nitrogens is 6. The van der Waals surface area contributed by atoms with Gasteiger partial charge in [-0.3, -0.25) is 0 Å². The predicted molar refractivity (Wildman–Crippen MR) is 465 cm³/mol. The van der Waals surface area contributed by atoms with Crippen LogP contribution in [0.3, 0.4) is 0 Å². The summed E-state index contributed by atoms with van der Waals surface area (Å²) in [5.41, 5.74) is 26.3. The van der Waals surface area contributed by atoms with Crippen molar-refractivity contribution in [3.8, 4) is 56.4 Å². The average Bonchev–Trinajstić information content (AvgIpc) is 1.59. The third kappa shape index (κ3) is 9.43. The lowest BCUT2D eigenvalue weighted by Gasteiger charge is -2.12. The largest absolute Gasteiger partial charge is 0.309 e. The van der Waals surface area contributed by atoms with E-state index in [1.54, 1.807) is 0 Å². The maximum Gasteiger partial charge on any atom is 0.0541 e. The van der Waals surface area contributed by atoms with Crippen LogP contribution < -0.4 is 0 Å². The van der Waals surface area contributed by atoms with E-state index in [9.17, 15) is 0 Å². The average molecular weight is 1400 g/mol. The van der Waals surface area contributed by atoms with Gasteiger partial charge >= 0.3 is 0 Å². The Hall–Kier alpha value is -14.7. The van der Waals surface area contributed by atoms with Gasteiger partial charge in [0.2, 0.25) is 0 Å². The molecule has 512 valence electrons. The number of nitrogens with zero attached hydrogens (tertiary/aromatic N) is 6. The van der Waals surface area contributed by atoms with Gasteiger partial charge in [0.05, 0.1) is 71.9 Å². The molecule has 0 saturated heterocycles. The van der Waals surface area contributed by atoms with Gasteiger partial charge in [0.1, 0.15) is 0 Å². The summed E-state index contributed by atoms with van der Waals surface area (Å²) < 4.78 is 14.4. The van der Waals surface area contributed by atoms with E-state index in [4.69, 9.17) is 0 Å². The zero-order valence-corrected chi connectivity index (χ0v) is 59.8. The van der Waals surface area contributed by atoms with Gasteiger partial charge in [0, 0.05) is 98.5 Å². The van der Waals surface area contributed by atoms with E-state index in [-0.39, 0.29) is 0 Å². The molecule has 0 aliphatic heterocycles. The van der Waals surface area contributed by atoms with E-state index < -0.39 is 0 Å². The van der Waals surface area contributed by atoms with Crippen LogP contribution in [-0.4, -0.2) is 27.4 Å². The Morgan fingerprint density at radius 3 is 0.682 bits per heavy atom. The molecule has 0 spiro atoms. The van der Waals surface area contributed by atoms with E-state index in [1.165, 1.54) is 186 Å². The van der Waals surface area contributed by atoms with Gasteiger partial charge in [-0.1, -0.05) is 237 Å². The van der Waals surface area contributed by atoms with E-state index >= 15 is 0 Å². The fourth-order valence-electron chi connectivity index (χ4n) is 18.3. The quantitative estimate of drug-likeness (QED) is 0.145. The zero-order valence-electron chi connectivity index (χ0n) is 59.8. The fraction of sp³-hybridized carbons (Fsp3) is 0. The first-order chi connectivity index (χ1) is 54.6. The molecule has 18 aromatic carbocycles. The number of hydrogen-bond donors (Lipinski definition) is 0. The standard InChI is InChI=1S/2C52H33N3/c1-2-14-39-34(12-1)13-11-23-46(39)55-50-22-10-6-18-43(50)45-33-36(25-31-52(45)55)35-24-30-51-44(32-35)42-17-5-9-21-49(42)54(51)38-28-26-37(27-29-38)53-47-19-7-3-15-40(47)41-16-4-8-20-48(41)53;1-2-12-35-31-40(24-21-34(35)11-1)55-50-20-10-6-16-44(50)46-33-37(23-30-52(46)55)36-22-29-51-45(32-36)43-15-5-9-19-49(43)54(51)39-27-25-38(26-28-39)53-47-17-7-3-13-41(47)42-14-4-8-18-48(42)53/h2*1-33H. The lowest BCUT2D eigenvalue weighted by molar-refractivity contribution is 1.14. The lowest BCUT2D eigenvalue weighted by atomic mass is 10.0. The second-order valence-corrected chi connectivity index (χ2v) is 29.1. The molecule has 0 amide bonds. The summed E-state index contributed by atoms with van der Waals surface area (Å²) in [5, 5.41) is 20.1. The van der Waals surface area contributed by atoms with E-state index in [2.05, 4.69) is 428 Å². The van der Waals surface area contributed by atoms with Crippen LogP contribution in [0.15, 0.2) is 400 Å². The van der Waals surface area contributed by atoms with Gasteiger partial charge in [-0.2, -0.15) is 0 Å². The Balaban J connectivity index is 0.000000132. The van der Waals surface area contributed by atoms with Crippen LogP contribution in [0.1, 0.15) is 0 Å². The highest BCUT2D eigenvalue weighted by Crippen LogP contribution is 2.44. The van der Waals surface area contributed by atoms with Crippen molar-refractivity contribution in [2.45, 2.75) is 0 Å². The van der Waals surface area contributed by atoms with Gasteiger partial charge in [-0.05, 0) is 202 Å². The Morgan fingerprint density at radius 1 is 0.118 bits per heavy atom. The molecule has 0 fully saturated rings. The number of fused-ring (bicyclic) bond motifs is 20. The zero-order chi connectivity index (χ0) is 72.1. The van der Waals surface area contributed by atoms with Crippen LogP contribution in [0.25, 0.3) is 209 Å². The number of benzene rings is 18. The first kappa shape index (κ1) is 61.6. The summed E-state index contributed by atoms with van der Waals surface area (Å²) >= 11 is 0. The molecule has 0 aliphatic rings. The van der Waals surface area contributed by atoms with Gasteiger partial charge in [-0.15, -0.1) is 0 Å². The first-order valence-corrected chi connectivity index (χ1v) is 37.9. The van der Waals surface area contributed by atoms with Crippen LogP contribution in [0.4, 0.5) is 0 Å². The topological polar surface area (TPSA) is 29.6 Å². The SMILES string of the molecule is c1ccc2c(-n3c4ccccc4c4cc(-c5ccc6c(c5)c5ccccc5n6-c5ccc(-n6c7ccccc7c7ccccc76)cc5)ccc43)cccc2c1.c1ccc2cc(-n3c4ccccc4c4cc(-c5ccc6c(c5)c5ccccc5n6-c5ccc(-n6c7ccccc7c7ccccc76)cc5)ccc43)ccc2c1. The highest BCUT2D eigenvalue weighted by molar-refractivity contribution is 6.17. The molecule has 0 saturated carbocycles. The summed E-state index contributed by atoms with van der Waals surface area (Å²) in [4.78, 5) is 0. The summed E-state index contributed by atoms with van der Waals surface area (Å²) in [7, 11) is 0. The Labute approximate surface area is 632 Å². The fourth-order valence-corrected chi connectivity index (χ4v) is 18.3. The van der Waals surface area contributed by atoms with Crippen molar-refractivity contribution in [2.75, 3.05) is 0 Å². The highest BCUT2D eigenvalue weighted by atomic mass is 15.0. The van der Waals surface area contributed by atoms with Crippen LogP contribution in [-0.2, 0) is 0 Å². The summed E-state index contributed by atoms with van der Waals surface area (Å²) in [6.07, 6.45) is 0. The van der Waals surface area contributed by atoms with Crippen LogP contribution in [0.2, 0.25) is 0 Å². The first-order valence-electron chi connectivity index (χ1n) is 37.9. The molecule has 6 aromatic heterocycles. The molecule has 24 rings (SSSR count). The molecule has 0 N–H and O–H groups in total. The molecule has 6 nitrogen and oxygen atoms in total. The molecule has 0 bridgehead atoms. The monoisotopic (exact) mass is 1400 g/mol. The van der Waals surface area contributed by atoms with Gasteiger partial charge < -0.3 is 27.4 Å². The number of rotatable bonds is 8. The second kappa shape index (κ2) is 24.4. The third-order valence-electron chi connectivity index (χ3n) is 23.2. The number of hydrogen-bond acceptors (Lipinski definition) is 0. The van der Waals surface area contributed by atoms with Crippen molar-refractivity contribution in [3.63, 3.8) is 0 Å². The van der Waals surface area contributed by atoms with Crippen LogP contribution in [0.5, 0.6) is 0 Å². The smallest absolute Gasteiger partial charge is 0.0541 e. The van der Waals surface area contributed by atoms with Gasteiger partial charge in [0.25, 0.3) is 0 Å². The molecule has 0 aliphatic carbocycles. The van der Waals surface area contributed by atoms with Crippen LogP contribution in [0, 0.1) is 0 Å². The minimum atomic E-state index is 1.14. The van der Waals surface area contributed by atoms with Gasteiger partial charge in [-0.25, -0.2) is 0 Å². The molecule has 0 unspecified atom stereocenters. The summed E-state index contributed by atoms with van der Waals surface area (Å²) in [6, 6.07) is 146. The molecular formula is C104H66N6. The summed E-state index contributed by atoms with van der Waals surface area (Å²) in [6.45, 7) is 0. The van der Waals surface area contributed by atoms with Crippen molar-refractivity contribution < 1.29 is 0 Å². The predicted octanol–water partition coefficient (Wildman–Crippen LogP) is 27.6. The minimum Gasteiger partial charge on any atom is -0.309 e. The Bertz CT molecular complexity index is 7780. The van der Waals surface area contributed by atoms with E-state index in [0.29, 0.717) is 0 Å².